The van der Waals surface area contributed by atoms with E-state index in [-0.39, 0.29) is 0 Å². The molecule has 0 saturated carbocycles. The van der Waals surface area contributed by atoms with Crippen molar-refractivity contribution < 1.29 is 14.2 Å². The quantitative estimate of drug-likeness (QED) is 0.468. The minimum Gasteiger partial charge on any atom is -0.493 e. The van der Waals surface area contributed by atoms with E-state index in [0.717, 1.165) is 27.9 Å². The first-order valence-electron chi connectivity index (χ1n) is 8.91. The maximum absolute atomic E-state index is 6.31. The van der Waals surface area contributed by atoms with E-state index in [4.69, 9.17) is 19.2 Å². The maximum Gasteiger partial charge on any atom is 0.162 e. The van der Waals surface area contributed by atoms with E-state index < -0.39 is 0 Å². The van der Waals surface area contributed by atoms with Crippen molar-refractivity contribution in [2.24, 2.45) is 0 Å². The van der Waals surface area contributed by atoms with Gasteiger partial charge in [-0.1, -0.05) is 30.3 Å². The van der Waals surface area contributed by atoms with Crippen LogP contribution >= 0.6 is 0 Å². The molecule has 4 aromatic rings. The molecule has 0 aliphatic heterocycles. The van der Waals surface area contributed by atoms with Gasteiger partial charge in [0.1, 0.15) is 11.4 Å². The molecule has 140 valence electrons. The summed E-state index contributed by atoms with van der Waals surface area (Å²) in [6.07, 6.45) is 1.72. The number of aryl methyl sites for hydroxylation is 1. The Balaban J connectivity index is 1.83. The van der Waals surface area contributed by atoms with Crippen molar-refractivity contribution in [3.8, 4) is 34.3 Å². The largest absolute Gasteiger partial charge is 0.493 e. The molecule has 2 aromatic heterocycles. The summed E-state index contributed by atoms with van der Waals surface area (Å²) in [5, 5.41) is 0.833. The highest BCUT2D eigenvalue weighted by Crippen LogP contribution is 2.38. The summed E-state index contributed by atoms with van der Waals surface area (Å²) in [5.74, 6) is 2.60. The number of ether oxygens (including phenoxy) is 3. The molecule has 0 spiro atoms. The van der Waals surface area contributed by atoms with Crippen molar-refractivity contribution in [1.82, 2.24) is 9.97 Å². The summed E-state index contributed by atoms with van der Waals surface area (Å²) in [6.45, 7) is 1.97. The molecule has 5 nitrogen and oxygen atoms in total. The Kier molecular flexibility index (Phi) is 4.81. The fourth-order valence-corrected chi connectivity index (χ4v) is 3.08. The van der Waals surface area contributed by atoms with E-state index in [2.05, 4.69) is 4.98 Å². The smallest absolute Gasteiger partial charge is 0.162 e. The van der Waals surface area contributed by atoms with E-state index in [1.54, 1.807) is 20.4 Å². The van der Waals surface area contributed by atoms with Crippen LogP contribution in [0.4, 0.5) is 0 Å². The fraction of sp³-hybridized carbons (Fsp3) is 0.130. The van der Waals surface area contributed by atoms with Crippen LogP contribution in [0.3, 0.4) is 0 Å². The molecule has 0 aliphatic rings. The van der Waals surface area contributed by atoms with Gasteiger partial charge in [0, 0.05) is 28.9 Å². The normalized spacial score (nSPS) is 10.7. The van der Waals surface area contributed by atoms with Gasteiger partial charge in [-0.05, 0) is 31.2 Å². The molecule has 4 rings (SSSR count). The number of fused-ring (bicyclic) bond motifs is 1. The first kappa shape index (κ1) is 17.8. The van der Waals surface area contributed by atoms with Crippen LogP contribution < -0.4 is 14.2 Å². The lowest BCUT2D eigenvalue weighted by molar-refractivity contribution is 0.355. The Morgan fingerprint density at radius 3 is 2.25 bits per heavy atom. The fourth-order valence-electron chi connectivity index (χ4n) is 3.08. The van der Waals surface area contributed by atoms with Gasteiger partial charge in [-0.3, -0.25) is 4.98 Å². The molecule has 0 fully saturated rings. The van der Waals surface area contributed by atoms with Crippen LogP contribution in [0.5, 0.6) is 23.0 Å². The maximum atomic E-state index is 6.31. The van der Waals surface area contributed by atoms with Crippen LogP contribution in [-0.4, -0.2) is 24.2 Å². The first-order chi connectivity index (χ1) is 13.7. The summed E-state index contributed by atoms with van der Waals surface area (Å²) in [6, 6.07) is 19.4. The Bertz CT molecular complexity index is 1130. The predicted octanol–water partition coefficient (Wildman–Crippen LogP) is 5.41. The third-order valence-electron chi connectivity index (χ3n) is 4.47. The Morgan fingerprint density at radius 2 is 1.50 bits per heavy atom. The third kappa shape index (κ3) is 3.34. The molecule has 0 aliphatic carbocycles. The SMILES string of the molecule is COc1cc2nccc(Oc3ccc(C)nc3-c3ccccc3)c2cc1OC. The topological polar surface area (TPSA) is 53.5 Å². The van der Waals surface area contributed by atoms with Crippen LogP contribution in [0.2, 0.25) is 0 Å². The van der Waals surface area contributed by atoms with Gasteiger partial charge < -0.3 is 14.2 Å². The molecule has 0 amide bonds. The van der Waals surface area contributed by atoms with Crippen molar-refractivity contribution in [1.29, 1.82) is 0 Å². The average molecular weight is 372 g/mol. The summed E-state index contributed by atoms with van der Waals surface area (Å²) < 4.78 is 17.1. The monoisotopic (exact) mass is 372 g/mol. The van der Waals surface area contributed by atoms with Gasteiger partial charge >= 0.3 is 0 Å². The van der Waals surface area contributed by atoms with Crippen molar-refractivity contribution in [2.75, 3.05) is 14.2 Å². The minimum atomic E-state index is 0.623. The zero-order valence-corrected chi connectivity index (χ0v) is 16.0. The number of rotatable bonds is 5. The molecule has 2 heterocycles. The molecule has 0 atom stereocenters. The molecule has 5 heteroatoms. The van der Waals surface area contributed by atoms with Crippen LogP contribution in [0, 0.1) is 6.92 Å². The second-order valence-corrected chi connectivity index (χ2v) is 6.30. The van der Waals surface area contributed by atoms with E-state index in [1.165, 1.54) is 0 Å². The highest BCUT2D eigenvalue weighted by Gasteiger charge is 2.14. The van der Waals surface area contributed by atoms with Crippen LogP contribution in [-0.2, 0) is 0 Å². The number of hydrogen-bond acceptors (Lipinski definition) is 5. The van der Waals surface area contributed by atoms with E-state index >= 15 is 0 Å². The van der Waals surface area contributed by atoms with Crippen LogP contribution in [0.15, 0.2) is 66.9 Å². The Morgan fingerprint density at radius 1 is 0.750 bits per heavy atom. The van der Waals surface area contributed by atoms with Crippen molar-refractivity contribution in [2.45, 2.75) is 6.92 Å². The Labute approximate surface area is 163 Å². The van der Waals surface area contributed by atoms with E-state index in [9.17, 15) is 0 Å². The van der Waals surface area contributed by atoms with E-state index in [1.807, 2.05) is 67.6 Å². The van der Waals surface area contributed by atoms with Crippen molar-refractivity contribution in [3.63, 3.8) is 0 Å². The average Bonchev–Trinajstić information content (AvgIpc) is 2.74. The summed E-state index contributed by atoms with van der Waals surface area (Å²) >= 11 is 0. The molecule has 0 unspecified atom stereocenters. The Hall–Kier alpha value is -3.60. The molecule has 2 aromatic carbocycles. The number of hydrogen-bond donors (Lipinski definition) is 0. The lowest BCUT2D eigenvalue weighted by Gasteiger charge is -2.14. The lowest BCUT2D eigenvalue weighted by atomic mass is 10.1. The highest BCUT2D eigenvalue weighted by atomic mass is 16.5. The number of aromatic nitrogens is 2. The number of methoxy groups -OCH3 is 2. The zero-order chi connectivity index (χ0) is 19.5. The summed E-state index contributed by atoms with van der Waals surface area (Å²) in [5.41, 5.74) is 3.48. The summed E-state index contributed by atoms with van der Waals surface area (Å²) in [4.78, 5) is 9.13. The van der Waals surface area contributed by atoms with Crippen LogP contribution in [0.1, 0.15) is 5.69 Å². The van der Waals surface area contributed by atoms with Gasteiger partial charge in [-0.25, -0.2) is 4.98 Å². The molecular weight excluding hydrogens is 352 g/mol. The van der Waals surface area contributed by atoms with Gasteiger partial charge in [0.2, 0.25) is 0 Å². The molecule has 0 N–H and O–H groups in total. The standard InChI is InChI=1S/C23H20N2O3/c1-15-9-10-20(23(25-15)16-7-5-4-6-8-16)28-19-11-12-24-18-14-22(27-3)21(26-2)13-17(18)19/h4-14H,1-3H3. The molecule has 28 heavy (non-hydrogen) atoms. The first-order valence-corrected chi connectivity index (χ1v) is 8.91. The predicted molar refractivity (Wildman–Crippen MR) is 109 cm³/mol. The highest BCUT2D eigenvalue weighted by molar-refractivity contribution is 5.88. The minimum absolute atomic E-state index is 0.623. The molecule has 0 radical (unpaired) electrons. The van der Waals surface area contributed by atoms with Gasteiger partial charge in [-0.15, -0.1) is 0 Å². The lowest BCUT2D eigenvalue weighted by Crippen LogP contribution is -1.96. The summed E-state index contributed by atoms with van der Waals surface area (Å²) in [7, 11) is 3.21. The number of nitrogens with zero attached hydrogens (tertiary/aromatic N) is 2. The molecule has 0 saturated heterocycles. The molecule has 0 bridgehead atoms. The van der Waals surface area contributed by atoms with Gasteiger partial charge in [0.05, 0.1) is 19.7 Å². The number of benzene rings is 2. The molecular formula is C23H20N2O3. The van der Waals surface area contributed by atoms with Crippen LogP contribution in [0.25, 0.3) is 22.2 Å². The second kappa shape index (κ2) is 7.56. The zero-order valence-electron chi connectivity index (χ0n) is 16.0. The second-order valence-electron chi connectivity index (χ2n) is 6.30. The van der Waals surface area contributed by atoms with Crippen molar-refractivity contribution in [3.05, 3.63) is 72.6 Å². The van der Waals surface area contributed by atoms with Gasteiger partial charge in [0.15, 0.2) is 17.2 Å². The van der Waals surface area contributed by atoms with E-state index in [0.29, 0.717) is 23.0 Å². The number of pyridine rings is 2. The van der Waals surface area contributed by atoms with Gasteiger partial charge in [0.25, 0.3) is 0 Å². The van der Waals surface area contributed by atoms with Gasteiger partial charge in [-0.2, -0.15) is 0 Å². The third-order valence-corrected chi connectivity index (χ3v) is 4.47. The van der Waals surface area contributed by atoms with Crippen molar-refractivity contribution >= 4 is 10.9 Å².